The molecule has 3 heterocycles. The van der Waals surface area contributed by atoms with E-state index in [4.69, 9.17) is 28.2 Å². The Labute approximate surface area is 211 Å². The van der Waals surface area contributed by atoms with Gasteiger partial charge < -0.3 is 15.3 Å². The van der Waals surface area contributed by atoms with Gasteiger partial charge in [0.15, 0.2) is 5.69 Å². The van der Waals surface area contributed by atoms with Gasteiger partial charge in [0.2, 0.25) is 5.95 Å². The number of halogens is 2. The van der Waals surface area contributed by atoms with E-state index in [-0.39, 0.29) is 22.1 Å². The minimum absolute atomic E-state index is 0.0673. The number of aromatic carboxylic acids is 1. The topological polar surface area (TPSA) is 124 Å². The number of anilines is 2. The number of hydrogen-bond acceptors (Lipinski definition) is 7. The van der Waals surface area contributed by atoms with Crippen molar-refractivity contribution in [2.75, 3.05) is 23.3 Å². The number of nitrogens with zero attached hydrogens (tertiary/aromatic N) is 5. The minimum atomic E-state index is -1.22. The third-order valence-corrected chi connectivity index (χ3v) is 6.90. The van der Waals surface area contributed by atoms with Gasteiger partial charge in [-0.1, -0.05) is 23.2 Å². The zero-order valence-electron chi connectivity index (χ0n) is 19.5. The van der Waals surface area contributed by atoms with Crippen LogP contribution in [0.25, 0.3) is 10.9 Å². The summed E-state index contributed by atoms with van der Waals surface area (Å²) in [5.74, 6) is -0.709. The number of carbonyl (C=O) groups is 1. The summed E-state index contributed by atoms with van der Waals surface area (Å²) in [6, 6.07) is 8.25. The van der Waals surface area contributed by atoms with E-state index < -0.39 is 17.4 Å². The summed E-state index contributed by atoms with van der Waals surface area (Å²) in [6.45, 7) is 4.97. The molecule has 1 fully saturated rings. The Balaban J connectivity index is 1.78. The Morgan fingerprint density at radius 1 is 1.26 bits per heavy atom. The maximum absolute atomic E-state index is 13.3. The fraction of sp³-hybridized carbons (Fsp3) is 0.375. The van der Waals surface area contributed by atoms with E-state index in [2.05, 4.69) is 16.4 Å². The van der Waals surface area contributed by atoms with E-state index >= 15 is 0 Å². The monoisotopic (exact) mass is 514 g/mol. The number of aromatic nitrogens is 3. The van der Waals surface area contributed by atoms with Crippen molar-refractivity contribution in [2.45, 2.75) is 32.7 Å². The van der Waals surface area contributed by atoms with E-state index in [1.54, 1.807) is 25.2 Å². The molecule has 0 radical (unpaired) electrons. The quantitative estimate of drug-likeness (QED) is 0.471. The molecular weight excluding hydrogens is 491 g/mol. The van der Waals surface area contributed by atoms with E-state index in [1.807, 2.05) is 18.7 Å². The Morgan fingerprint density at radius 3 is 2.57 bits per heavy atom. The highest BCUT2D eigenvalue weighted by Crippen LogP contribution is 2.33. The van der Waals surface area contributed by atoms with Crippen molar-refractivity contribution >= 4 is 51.7 Å². The molecule has 2 aromatic heterocycles. The second kappa shape index (κ2) is 9.36. The molecule has 0 amide bonds. The fourth-order valence-electron chi connectivity index (χ4n) is 4.31. The maximum atomic E-state index is 13.3. The summed E-state index contributed by atoms with van der Waals surface area (Å²) >= 11 is 12.2. The molecule has 0 bridgehead atoms. The number of fused-ring (bicyclic) bond motifs is 1. The Bertz CT molecular complexity index is 1420. The van der Waals surface area contributed by atoms with E-state index in [1.165, 1.54) is 10.6 Å². The van der Waals surface area contributed by atoms with Crippen molar-refractivity contribution in [3.8, 4) is 6.07 Å². The summed E-state index contributed by atoms with van der Waals surface area (Å²) in [7, 11) is 1.67. The summed E-state index contributed by atoms with van der Waals surface area (Å²) in [4.78, 5) is 35.7. The first-order valence-electron chi connectivity index (χ1n) is 11.1. The average molecular weight is 515 g/mol. The van der Waals surface area contributed by atoms with Crippen molar-refractivity contribution in [2.24, 2.45) is 12.5 Å². The molecule has 11 heteroatoms. The van der Waals surface area contributed by atoms with Crippen LogP contribution in [0.1, 0.15) is 48.8 Å². The second-order valence-corrected chi connectivity index (χ2v) is 9.85. The minimum Gasteiger partial charge on any atom is -0.476 e. The van der Waals surface area contributed by atoms with Crippen LogP contribution in [0.3, 0.4) is 0 Å². The Morgan fingerprint density at radius 2 is 1.94 bits per heavy atom. The van der Waals surface area contributed by atoms with Gasteiger partial charge in [-0.25, -0.2) is 14.8 Å². The van der Waals surface area contributed by atoms with Gasteiger partial charge in [-0.2, -0.15) is 5.26 Å². The molecular formula is C24H24Cl2N6O3. The first-order chi connectivity index (χ1) is 16.5. The van der Waals surface area contributed by atoms with Crippen LogP contribution in [-0.4, -0.2) is 38.7 Å². The first-order valence-corrected chi connectivity index (χ1v) is 11.8. The van der Waals surface area contributed by atoms with Crippen molar-refractivity contribution < 1.29 is 9.90 Å². The molecule has 35 heavy (non-hydrogen) atoms. The van der Waals surface area contributed by atoms with E-state index in [0.717, 1.165) is 0 Å². The van der Waals surface area contributed by atoms with Gasteiger partial charge >= 0.3 is 5.97 Å². The van der Waals surface area contributed by atoms with Crippen LogP contribution in [0.5, 0.6) is 0 Å². The van der Waals surface area contributed by atoms with Crippen LogP contribution in [0.15, 0.2) is 29.1 Å². The summed E-state index contributed by atoms with van der Waals surface area (Å²) in [6.07, 6.45) is 1.34. The van der Waals surface area contributed by atoms with Gasteiger partial charge in [0.25, 0.3) is 5.56 Å². The summed E-state index contributed by atoms with van der Waals surface area (Å²) < 4.78 is 1.50. The molecule has 0 unspecified atom stereocenters. The number of carboxylic acid groups (broad SMARTS) is 1. The van der Waals surface area contributed by atoms with Crippen LogP contribution in [0.4, 0.5) is 11.6 Å². The highest BCUT2D eigenvalue weighted by atomic mass is 35.5. The van der Waals surface area contributed by atoms with Gasteiger partial charge in [0.05, 0.1) is 34.1 Å². The van der Waals surface area contributed by atoms with Gasteiger partial charge in [0.1, 0.15) is 5.15 Å². The van der Waals surface area contributed by atoms with Gasteiger partial charge in [-0.05, 0) is 51.0 Å². The molecule has 2 N–H and O–H groups in total. The number of hydrogen-bond donors (Lipinski definition) is 2. The highest BCUT2D eigenvalue weighted by molar-refractivity contribution is 6.31. The molecule has 0 saturated carbocycles. The van der Waals surface area contributed by atoms with Gasteiger partial charge in [0, 0.05) is 30.7 Å². The van der Waals surface area contributed by atoms with Crippen molar-refractivity contribution in [1.82, 2.24) is 14.5 Å². The number of rotatable bonds is 5. The molecule has 1 aliphatic rings. The number of piperidine rings is 1. The molecule has 0 aliphatic carbocycles. The lowest BCUT2D eigenvalue weighted by molar-refractivity contribution is 0.0691. The van der Waals surface area contributed by atoms with Gasteiger partial charge in [-0.15, -0.1) is 0 Å². The van der Waals surface area contributed by atoms with E-state index in [9.17, 15) is 20.0 Å². The standard InChI is InChI=1S/C24H24Cl2N6O3/c1-13(28-17-4-5-18(26)29-20(17)22(34)35)15-10-14(25)11-16-19(15)30-23(31(3)21(16)33)32-8-6-24(2,12-27)7-9-32/h4-5,10-11,13,28H,6-9H2,1-3H3,(H,34,35)/t13-/m1/s1. The first kappa shape index (κ1) is 24.8. The van der Waals surface area contributed by atoms with Crippen molar-refractivity contribution in [1.29, 1.82) is 5.26 Å². The average Bonchev–Trinajstić information content (AvgIpc) is 2.83. The molecule has 1 aromatic carbocycles. The lowest BCUT2D eigenvalue weighted by Crippen LogP contribution is -2.41. The third kappa shape index (κ3) is 4.77. The van der Waals surface area contributed by atoms with E-state index in [0.29, 0.717) is 53.4 Å². The number of nitrogens with one attached hydrogen (secondary N) is 1. The molecule has 1 atom stereocenters. The molecule has 182 valence electrons. The Hall–Kier alpha value is -3.35. The lowest BCUT2D eigenvalue weighted by atomic mass is 9.82. The molecule has 1 saturated heterocycles. The second-order valence-electron chi connectivity index (χ2n) is 9.03. The summed E-state index contributed by atoms with van der Waals surface area (Å²) in [5.41, 5.74) is 0.538. The lowest BCUT2D eigenvalue weighted by Gasteiger charge is -2.36. The molecule has 4 rings (SSSR count). The summed E-state index contributed by atoms with van der Waals surface area (Å²) in [5, 5.41) is 22.9. The number of benzene rings is 1. The predicted octanol–water partition coefficient (Wildman–Crippen LogP) is 4.64. The van der Waals surface area contributed by atoms with Crippen LogP contribution in [0.2, 0.25) is 10.2 Å². The molecule has 0 spiro atoms. The van der Waals surface area contributed by atoms with Crippen LogP contribution >= 0.6 is 23.2 Å². The smallest absolute Gasteiger partial charge is 0.356 e. The molecule has 9 nitrogen and oxygen atoms in total. The fourth-order valence-corrected chi connectivity index (χ4v) is 4.68. The SMILES string of the molecule is C[C@@H](Nc1ccc(Cl)nc1C(=O)O)c1cc(Cl)cc2c(=O)n(C)c(N3CCC(C)(C#N)CC3)nc12. The highest BCUT2D eigenvalue weighted by Gasteiger charge is 2.31. The largest absolute Gasteiger partial charge is 0.476 e. The Kier molecular flexibility index (Phi) is 6.62. The number of carboxylic acids is 1. The third-order valence-electron chi connectivity index (χ3n) is 6.47. The van der Waals surface area contributed by atoms with Crippen LogP contribution in [0, 0.1) is 16.7 Å². The molecule has 3 aromatic rings. The number of nitriles is 1. The maximum Gasteiger partial charge on any atom is 0.356 e. The molecule has 1 aliphatic heterocycles. The zero-order valence-corrected chi connectivity index (χ0v) is 21.0. The van der Waals surface area contributed by atoms with Crippen LogP contribution < -0.4 is 15.8 Å². The van der Waals surface area contributed by atoms with Crippen molar-refractivity contribution in [3.05, 3.63) is 56.1 Å². The predicted molar refractivity (Wildman–Crippen MR) is 135 cm³/mol. The van der Waals surface area contributed by atoms with Crippen LogP contribution in [-0.2, 0) is 7.05 Å². The normalized spacial score (nSPS) is 16.1. The number of pyridine rings is 1. The zero-order chi connectivity index (χ0) is 25.5. The van der Waals surface area contributed by atoms with Crippen molar-refractivity contribution in [3.63, 3.8) is 0 Å². The van der Waals surface area contributed by atoms with Gasteiger partial charge in [-0.3, -0.25) is 9.36 Å².